The van der Waals surface area contributed by atoms with Gasteiger partial charge in [0.25, 0.3) is 0 Å². The number of hydrogen-bond donors (Lipinski definition) is 3. The van der Waals surface area contributed by atoms with Crippen LogP contribution in [0.2, 0.25) is 5.02 Å². The number of halogens is 1. The van der Waals surface area contributed by atoms with Crippen LogP contribution in [0, 0.1) is 12.3 Å². The first-order chi connectivity index (χ1) is 17.3. The van der Waals surface area contributed by atoms with E-state index in [4.69, 9.17) is 22.1 Å². The maximum absolute atomic E-state index is 13.4. The van der Waals surface area contributed by atoms with Crippen molar-refractivity contribution >= 4 is 56.2 Å². The summed E-state index contributed by atoms with van der Waals surface area (Å²) in [6, 6.07) is 13.1. The monoisotopic (exact) mass is 529 g/mol. The van der Waals surface area contributed by atoms with Gasteiger partial charge in [0.2, 0.25) is 11.8 Å². The Morgan fingerprint density at radius 3 is 2.67 bits per heavy atom. The number of benzene rings is 2. The molecule has 0 aliphatic carbocycles. The third-order valence-electron chi connectivity index (χ3n) is 6.36. The van der Waals surface area contributed by atoms with E-state index in [9.17, 15) is 14.4 Å². The van der Waals surface area contributed by atoms with Gasteiger partial charge in [-0.05, 0) is 49.1 Å². The molecule has 0 radical (unpaired) electrons. The SMILES string of the molecule is Cc1ccc2nc(NC(=O)OCC3(C(=O)NCc4ccccc4Cl)CCN(C(=O)CN)CC3)sc2c1. The summed E-state index contributed by atoms with van der Waals surface area (Å²) in [6.45, 7) is 2.69. The lowest BCUT2D eigenvalue weighted by molar-refractivity contribution is -0.142. The maximum atomic E-state index is 13.4. The van der Waals surface area contributed by atoms with Crippen LogP contribution in [0.4, 0.5) is 9.93 Å². The van der Waals surface area contributed by atoms with E-state index in [2.05, 4.69) is 15.6 Å². The number of amides is 3. The molecule has 9 nitrogen and oxygen atoms in total. The number of nitrogens with zero attached hydrogens (tertiary/aromatic N) is 2. The van der Waals surface area contributed by atoms with E-state index in [1.54, 1.807) is 11.0 Å². The molecule has 0 unspecified atom stereocenters. The molecule has 1 aliphatic heterocycles. The summed E-state index contributed by atoms with van der Waals surface area (Å²) in [5, 5.41) is 6.57. The van der Waals surface area contributed by atoms with E-state index in [1.165, 1.54) is 11.3 Å². The van der Waals surface area contributed by atoms with Gasteiger partial charge >= 0.3 is 6.09 Å². The second-order valence-electron chi connectivity index (χ2n) is 8.83. The third kappa shape index (κ3) is 5.95. The van der Waals surface area contributed by atoms with E-state index in [0.29, 0.717) is 36.1 Å². The number of aromatic nitrogens is 1. The van der Waals surface area contributed by atoms with Gasteiger partial charge in [-0.2, -0.15) is 0 Å². The van der Waals surface area contributed by atoms with Gasteiger partial charge in [0.1, 0.15) is 6.61 Å². The molecule has 1 aliphatic rings. The Kier molecular flexibility index (Phi) is 8.07. The largest absolute Gasteiger partial charge is 0.448 e. The van der Waals surface area contributed by atoms with Crippen molar-refractivity contribution in [1.29, 1.82) is 0 Å². The van der Waals surface area contributed by atoms with Gasteiger partial charge in [-0.1, -0.05) is 47.2 Å². The smallest absolute Gasteiger partial charge is 0.413 e. The summed E-state index contributed by atoms with van der Waals surface area (Å²) in [6.07, 6.45) is -0.0220. The molecular formula is C25H28ClN5O4S. The van der Waals surface area contributed by atoms with E-state index >= 15 is 0 Å². The minimum Gasteiger partial charge on any atom is -0.448 e. The molecule has 0 atom stereocenters. The van der Waals surface area contributed by atoms with Crippen LogP contribution in [0.5, 0.6) is 0 Å². The van der Waals surface area contributed by atoms with Crippen molar-refractivity contribution in [3.63, 3.8) is 0 Å². The molecule has 190 valence electrons. The van der Waals surface area contributed by atoms with Gasteiger partial charge in [0, 0.05) is 24.7 Å². The third-order valence-corrected chi connectivity index (χ3v) is 7.66. The number of hydrogen-bond acceptors (Lipinski definition) is 7. The molecule has 0 bridgehead atoms. The zero-order valence-electron chi connectivity index (χ0n) is 19.9. The second kappa shape index (κ2) is 11.2. The molecule has 1 saturated heterocycles. The lowest BCUT2D eigenvalue weighted by atomic mass is 9.78. The minimum absolute atomic E-state index is 0.0910. The van der Waals surface area contributed by atoms with Crippen LogP contribution in [0.25, 0.3) is 10.2 Å². The van der Waals surface area contributed by atoms with Crippen molar-refractivity contribution < 1.29 is 19.1 Å². The Bertz CT molecular complexity index is 1270. The van der Waals surface area contributed by atoms with E-state index in [1.807, 2.05) is 43.3 Å². The number of aryl methyl sites for hydroxylation is 1. The first kappa shape index (κ1) is 25.9. The summed E-state index contributed by atoms with van der Waals surface area (Å²) in [7, 11) is 0. The summed E-state index contributed by atoms with van der Waals surface area (Å²) in [5.41, 5.74) is 7.17. The normalized spacial score (nSPS) is 14.9. The number of fused-ring (bicyclic) bond motifs is 1. The van der Waals surface area contributed by atoms with E-state index in [0.717, 1.165) is 21.3 Å². The molecule has 4 N–H and O–H groups in total. The summed E-state index contributed by atoms with van der Waals surface area (Å²) < 4.78 is 6.49. The highest BCUT2D eigenvalue weighted by Gasteiger charge is 2.43. The molecule has 1 aromatic heterocycles. The first-order valence-electron chi connectivity index (χ1n) is 11.6. The Labute approximate surface area is 218 Å². The van der Waals surface area contributed by atoms with Crippen LogP contribution in [-0.2, 0) is 20.9 Å². The number of nitrogens with two attached hydrogens (primary N) is 1. The summed E-state index contributed by atoms with van der Waals surface area (Å²) in [4.78, 5) is 44.1. The molecular weight excluding hydrogens is 502 g/mol. The lowest BCUT2D eigenvalue weighted by Crippen LogP contribution is -2.53. The number of carbonyl (C=O) groups is 3. The van der Waals surface area contributed by atoms with Crippen molar-refractivity contribution in [3.8, 4) is 0 Å². The van der Waals surface area contributed by atoms with Crippen LogP contribution >= 0.6 is 22.9 Å². The highest BCUT2D eigenvalue weighted by atomic mass is 35.5. The van der Waals surface area contributed by atoms with Gasteiger partial charge in [-0.25, -0.2) is 9.78 Å². The number of likely N-dealkylation sites (tertiary alicyclic amines) is 1. The number of ether oxygens (including phenoxy) is 1. The van der Waals surface area contributed by atoms with Crippen LogP contribution in [0.3, 0.4) is 0 Å². The van der Waals surface area contributed by atoms with Crippen molar-refractivity contribution in [3.05, 3.63) is 58.6 Å². The minimum atomic E-state index is -0.991. The number of anilines is 1. The topological polar surface area (TPSA) is 127 Å². The quantitative estimate of drug-likeness (QED) is 0.428. The van der Waals surface area contributed by atoms with Crippen molar-refractivity contribution in [2.75, 3.05) is 31.6 Å². The van der Waals surface area contributed by atoms with Crippen LogP contribution in [0.15, 0.2) is 42.5 Å². The average Bonchev–Trinajstić information content (AvgIpc) is 3.27. The highest BCUT2D eigenvalue weighted by Crippen LogP contribution is 2.33. The lowest BCUT2D eigenvalue weighted by Gasteiger charge is -2.40. The van der Waals surface area contributed by atoms with E-state index < -0.39 is 11.5 Å². The van der Waals surface area contributed by atoms with Gasteiger partial charge in [-0.15, -0.1) is 0 Å². The molecule has 11 heteroatoms. The number of rotatable bonds is 7. The van der Waals surface area contributed by atoms with E-state index in [-0.39, 0.29) is 31.5 Å². The predicted molar refractivity (Wildman–Crippen MR) is 140 cm³/mol. The van der Waals surface area contributed by atoms with Crippen molar-refractivity contribution in [1.82, 2.24) is 15.2 Å². The molecule has 1 fully saturated rings. The molecule has 0 spiro atoms. The fourth-order valence-electron chi connectivity index (χ4n) is 4.17. The Hall–Kier alpha value is -3.21. The summed E-state index contributed by atoms with van der Waals surface area (Å²) >= 11 is 7.57. The van der Waals surface area contributed by atoms with Gasteiger partial charge in [0.05, 0.1) is 22.2 Å². The molecule has 2 aromatic carbocycles. The molecule has 0 saturated carbocycles. The first-order valence-corrected chi connectivity index (χ1v) is 12.8. The van der Waals surface area contributed by atoms with Crippen molar-refractivity contribution in [2.45, 2.75) is 26.3 Å². The second-order valence-corrected chi connectivity index (χ2v) is 10.3. The molecule has 3 amide bonds. The Morgan fingerprint density at radius 2 is 1.94 bits per heavy atom. The Morgan fingerprint density at radius 1 is 1.19 bits per heavy atom. The number of carbonyl (C=O) groups excluding carboxylic acids is 3. The highest BCUT2D eigenvalue weighted by molar-refractivity contribution is 7.22. The fourth-order valence-corrected chi connectivity index (χ4v) is 5.32. The van der Waals surface area contributed by atoms with Gasteiger partial charge in [0.15, 0.2) is 5.13 Å². The standard InChI is InChI=1S/C25H28ClN5O4S/c1-16-6-7-19-20(12-16)36-23(29-19)30-24(34)35-15-25(8-10-31(11-9-25)21(32)13-27)22(33)28-14-17-4-2-3-5-18(17)26/h2-7,12H,8-11,13-15,27H2,1H3,(H,28,33)(H,29,30,34). The number of nitrogens with one attached hydrogen (secondary N) is 2. The number of thiazole rings is 1. The van der Waals surface area contributed by atoms with Crippen LogP contribution in [-0.4, -0.2) is 54.0 Å². The Balaban J connectivity index is 1.43. The zero-order valence-corrected chi connectivity index (χ0v) is 21.5. The summed E-state index contributed by atoms with van der Waals surface area (Å²) in [5.74, 6) is -0.435. The van der Waals surface area contributed by atoms with Crippen molar-refractivity contribution in [2.24, 2.45) is 11.1 Å². The van der Waals surface area contributed by atoms with Gasteiger partial charge < -0.3 is 20.7 Å². The fraction of sp³-hybridized carbons (Fsp3) is 0.360. The number of piperidine rings is 1. The maximum Gasteiger partial charge on any atom is 0.413 e. The average molecular weight is 530 g/mol. The zero-order chi connectivity index (χ0) is 25.7. The van der Waals surface area contributed by atoms with Crippen LogP contribution in [0.1, 0.15) is 24.0 Å². The molecule has 36 heavy (non-hydrogen) atoms. The molecule has 4 rings (SSSR count). The molecule has 3 aromatic rings. The van der Waals surface area contributed by atoms with Gasteiger partial charge in [-0.3, -0.25) is 14.9 Å². The molecule has 2 heterocycles. The van der Waals surface area contributed by atoms with Crippen LogP contribution < -0.4 is 16.4 Å². The predicted octanol–water partition coefficient (Wildman–Crippen LogP) is 3.69.